The molecule has 0 unspecified atom stereocenters. The number of carbonyl (C=O) groups excluding carboxylic acids is 1. The zero-order valence-electron chi connectivity index (χ0n) is 13.3. The quantitative estimate of drug-likeness (QED) is 0.415. The van der Waals surface area contributed by atoms with Crippen LogP contribution in [0.1, 0.15) is 16.1 Å². The first-order valence-electron chi connectivity index (χ1n) is 7.50. The van der Waals surface area contributed by atoms with E-state index >= 15 is 0 Å². The van der Waals surface area contributed by atoms with E-state index in [4.69, 9.17) is 4.42 Å². The fraction of sp³-hybridized carbons (Fsp3) is 0. The summed E-state index contributed by atoms with van der Waals surface area (Å²) < 4.78 is 5.56. The Bertz CT molecular complexity index is 977. The molecule has 0 saturated heterocycles. The number of rotatable bonds is 5. The minimum atomic E-state index is -0.554. The van der Waals surface area contributed by atoms with Gasteiger partial charge in [0.05, 0.1) is 16.7 Å². The Morgan fingerprint density at radius 2 is 1.85 bits per heavy atom. The first-order chi connectivity index (χ1) is 12.5. The molecule has 130 valence electrons. The molecule has 0 spiro atoms. The second kappa shape index (κ2) is 7.31. The summed E-state index contributed by atoms with van der Waals surface area (Å²) in [6.07, 6.45) is 1.31. The average molecular weight is 351 g/mol. The number of hydrogen-bond acceptors (Lipinski definition) is 6. The van der Waals surface area contributed by atoms with E-state index in [1.807, 2.05) is 0 Å². The van der Waals surface area contributed by atoms with Crippen molar-refractivity contribution in [1.29, 1.82) is 0 Å². The predicted octanol–water partition coefficient (Wildman–Crippen LogP) is 3.32. The number of nitro groups is 1. The molecular weight excluding hydrogens is 338 g/mol. The number of hydrazone groups is 1. The predicted molar refractivity (Wildman–Crippen MR) is 94.0 cm³/mol. The normalized spacial score (nSPS) is 10.8. The lowest BCUT2D eigenvalue weighted by atomic mass is 10.1. The van der Waals surface area contributed by atoms with Crippen molar-refractivity contribution in [2.45, 2.75) is 0 Å². The molecule has 2 N–H and O–H groups in total. The zero-order valence-corrected chi connectivity index (χ0v) is 13.3. The highest BCUT2D eigenvalue weighted by Gasteiger charge is 2.10. The van der Waals surface area contributed by atoms with Crippen LogP contribution in [-0.2, 0) is 0 Å². The van der Waals surface area contributed by atoms with Gasteiger partial charge >= 0.3 is 0 Å². The van der Waals surface area contributed by atoms with Gasteiger partial charge in [0, 0.05) is 17.7 Å². The molecule has 8 heteroatoms. The number of furan rings is 1. The number of para-hydroxylation sites is 1. The number of nitro benzene ring substituents is 1. The smallest absolute Gasteiger partial charge is 0.275 e. The van der Waals surface area contributed by atoms with E-state index in [0.717, 1.165) is 0 Å². The lowest BCUT2D eigenvalue weighted by Crippen LogP contribution is -2.17. The van der Waals surface area contributed by atoms with Crippen LogP contribution in [0.25, 0.3) is 11.3 Å². The summed E-state index contributed by atoms with van der Waals surface area (Å²) in [5.41, 5.74) is 3.07. The monoisotopic (exact) mass is 351 g/mol. The average Bonchev–Trinajstić information content (AvgIpc) is 3.11. The number of carbonyl (C=O) groups is 1. The third-order valence-electron chi connectivity index (χ3n) is 3.50. The van der Waals surface area contributed by atoms with E-state index in [2.05, 4.69) is 10.5 Å². The molecule has 1 aromatic heterocycles. The maximum Gasteiger partial charge on any atom is 0.275 e. The van der Waals surface area contributed by atoms with E-state index in [-0.39, 0.29) is 17.0 Å². The van der Waals surface area contributed by atoms with Crippen LogP contribution in [0.15, 0.2) is 70.2 Å². The SMILES string of the molecule is O=C(N/N=C\c1ccc(-c2ccc([N+](=O)[O-])cc2)o1)c1ccccc1O. The van der Waals surface area contributed by atoms with E-state index < -0.39 is 10.8 Å². The van der Waals surface area contributed by atoms with Gasteiger partial charge in [0.15, 0.2) is 0 Å². The lowest BCUT2D eigenvalue weighted by molar-refractivity contribution is -0.384. The third kappa shape index (κ3) is 3.75. The van der Waals surface area contributed by atoms with Crippen molar-refractivity contribution in [3.63, 3.8) is 0 Å². The maximum atomic E-state index is 11.9. The van der Waals surface area contributed by atoms with Crippen LogP contribution < -0.4 is 5.43 Å². The van der Waals surface area contributed by atoms with Gasteiger partial charge < -0.3 is 9.52 Å². The van der Waals surface area contributed by atoms with Gasteiger partial charge in [-0.1, -0.05) is 12.1 Å². The van der Waals surface area contributed by atoms with Gasteiger partial charge in [-0.25, -0.2) is 5.43 Å². The van der Waals surface area contributed by atoms with Gasteiger partial charge in [0.2, 0.25) is 0 Å². The molecule has 0 bridgehead atoms. The molecule has 0 saturated carbocycles. The van der Waals surface area contributed by atoms with E-state index in [9.17, 15) is 20.0 Å². The Balaban J connectivity index is 1.66. The number of aromatic hydroxyl groups is 1. The third-order valence-corrected chi connectivity index (χ3v) is 3.50. The number of amides is 1. The molecule has 8 nitrogen and oxygen atoms in total. The Morgan fingerprint density at radius 3 is 2.54 bits per heavy atom. The molecule has 3 rings (SSSR count). The number of benzene rings is 2. The minimum absolute atomic E-state index is 0.00558. The highest BCUT2D eigenvalue weighted by molar-refractivity contribution is 5.97. The molecule has 3 aromatic rings. The van der Waals surface area contributed by atoms with Crippen molar-refractivity contribution in [1.82, 2.24) is 5.43 Å². The number of nitrogens with zero attached hydrogens (tertiary/aromatic N) is 2. The van der Waals surface area contributed by atoms with Crippen LogP contribution in [0.4, 0.5) is 5.69 Å². The van der Waals surface area contributed by atoms with Gasteiger partial charge in [0.25, 0.3) is 11.6 Å². The number of hydrogen-bond donors (Lipinski definition) is 2. The van der Waals surface area contributed by atoms with Gasteiger partial charge in [-0.3, -0.25) is 14.9 Å². The summed E-state index contributed by atoms with van der Waals surface area (Å²) in [6.45, 7) is 0. The second-order valence-corrected chi connectivity index (χ2v) is 5.22. The molecule has 0 aliphatic rings. The zero-order chi connectivity index (χ0) is 18.5. The van der Waals surface area contributed by atoms with Crippen molar-refractivity contribution >= 4 is 17.8 Å². The molecule has 0 radical (unpaired) electrons. The Labute approximate surface area is 147 Å². The van der Waals surface area contributed by atoms with Crippen LogP contribution in [0.5, 0.6) is 5.75 Å². The summed E-state index contributed by atoms with van der Waals surface area (Å²) in [5, 5.41) is 24.1. The minimum Gasteiger partial charge on any atom is -0.507 e. The lowest BCUT2D eigenvalue weighted by Gasteiger charge is -2.01. The molecule has 0 fully saturated rings. The first kappa shape index (κ1) is 16.9. The largest absolute Gasteiger partial charge is 0.507 e. The summed E-state index contributed by atoms with van der Waals surface area (Å²) in [5.74, 6) is 0.199. The molecule has 26 heavy (non-hydrogen) atoms. The number of non-ortho nitro benzene ring substituents is 1. The first-order valence-corrected chi connectivity index (χ1v) is 7.50. The van der Waals surface area contributed by atoms with E-state index in [0.29, 0.717) is 17.1 Å². The molecule has 0 aliphatic carbocycles. The molecule has 0 aliphatic heterocycles. The fourth-order valence-corrected chi connectivity index (χ4v) is 2.21. The molecule has 1 heterocycles. The van der Waals surface area contributed by atoms with Crippen LogP contribution in [0.3, 0.4) is 0 Å². The van der Waals surface area contributed by atoms with Gasteiger partial charge in [-0.15, -0.1) is 0 Å². The van der Waals surface area contributed by atoms with Crippen LogP contribution in [0.2, 0.25) is 0 Å². The van der Waals surface area contributed by atoms with Crippen LogP contribution >= 0.6 is 0 Å². The van der Waals surface area contributed by atoms with Crippen molar-refractivity contribution in [2.75, 3.05) is 0 Å². The molecule has 1 amide bonds. The highest BCUT2D eigenvalue weighted by Crippen LogP contribution is 2.24. The van der Waals surface area contributed by atoms with Gasteiger partial charge in [-0.2, -0.15) is 5.10 Å². The number of phenolic OH excluding ortho intramolecular Hbond substituents is 1. The fourth-order valence-electron chi connectivity index (χ4n) is 2.21. The van der Waals surface area contributed by atoms with Crippen LogP contribution in [0, 0.1) is 10.1 Å². The van der Waals surface area contributed by atoms with E-state index in [1.165, 1.54) is 30.5 Å². The Morgan fingerprint density at radius 1 is 1.12 bits per heavy atom. The van der Waals surface area contributed by atoms with Gasteiger partial charge in [0.1, 0.15) is 17.3 Å². The van der Waals surface area contributed by atoms with Crippen LogP contribution in [-0.4, -0.2) is 22.2 Å². The molecule has 0 atom stereocenters. The maximum absolute atomic E-state index is 11.9. The molecular formula is C18H13N3O5. The topological polar surface area (TPSA) is 118 Å². The van der Waals surface area contributed by atoms with Crippen molar-refractivity contribution in [2.24, 2.45) is 5.10 Å². The number of phenols is 1. The standard InChI is InChI=1S/C18H13N3O5/c22-16-4-2-1-3-15(16)18(23)20-19-11-14-9-10-17(26-14)12-5-7-13(8-6-12)21(24)25/h1-11,22H,(H,20,23)/b19-11-. The van der Waals surface area contributed by atoms with Crippen molar-refractivity contribution < 1.29 is 19.2 Å². The Hall–Kier alpha value is -3.94. The molecule has 2 aromatic carbocycles. The Kier molecular flexibility index (Phi) is 4.75. The summed E-state index contributed by atoms with van der Waals surface area (Å²) in [6, 6.07) is 15.4. The number of nitrogens with one attached hydrogen (secondary N) is 1. The van der Waals surface area contributed by atoms with Crippen molar-refractivity contribution in [3.05, 3.63) is 82.1 Å². The summed E-state index contributed by atoms with van der Waals surface area (Å²) in [4.78, 5) is 22.1. The summed E-state index contributed by atoms with van der Waals surface area (Å²) in [7, 11) is 0. The summed E-state index contributed by atoms with van der Waals surface area (Å²) >= 11 is 0. The second-order valence-electron chi connectivity index (χ2n) is 5.22. The highest BCUT2D eigenvalue weighted by atomic mass is 16.6. The van der Waals surface area contributed by atoms with E-state index in [1.54, 1.807) is 36.4 Å². The van der Waals surface area contributed by atoms with Crippen molar-refractivity contribution in [3.8, 4) is 17.1 Å². The van der Waals surface area contributed by atoms with Gasteiger partial charge in [-0.05, 0) is 36.4 Å².